The quantitative estimate of drug-likeness (QED) is 0.804. The van der Waals surface area contributed by atoms with Crippen LogP contribution < -0.4 is 10.5 Å². The Labute approximate surface area is 121 Å². The molecule has 0 saturated carbocycles. The van der Waals surface area contributed by atoms with E-state index in [-0.39, 0.29) is 11.7 Å². The molecular formula is C15H15FN4O. The molecule has 0 aliphatic heterocycles. The molecule has 6 heteroatoms. The van der Waals surface area contributed by atoms with Gasteiger partial charge in [-0.15, -0.1) is 0 Å². The van der Waals surface area contributed by atoms with E-state index in [0.717, 1.165) is 5.56 Å². The van der Waals surface area contributed by atoms with Crippen LogP contribution in [0.3, 0.4) is 0 Å². The first-order valence-electron chi connectivity index (χ1n) is 6.64. The van der Waals surface area contributed by atoms with Crippen molar-refractivity contribution in [2.24, 2.45) is 0 Å². The summed E-state index contributed by atoms with van der Waals surface area (Å²) < 4.78 is 20.8. The second-order valence-corrected chi connectivity index (χ2v) is 4.65. The zero-order valence-electron chi connectivity index (χ0n) is 11.8. The van der Waals surface area contributed by atoms with Crippen molar-refractivity contribution in [3.63, 3.8) is 0 Å². The van der Waals surface area contributed by atoms with E-state index in [9.17, 15) is 4.39 Å². The van der Waals surface area contributed by atoms with E-state index in [0.29, 0.717) is 23.5 Å². The van der Waals surface area contributed by atoms with Gasteiger partial charge in [0.2, 0.25) is 5.95 Å². The number of aromatic nitrogens is 3. The summed E-state index contributed by atoms with van der Waals surface area (Å²) >= 11 is 0. The molecule has 0 unspecified atom stereocenters. The summed E-state index contributed by atoms with van der Waals surface area (Å²) in [6, 6.07) is 6.54. The maximum atomic E-state index is 14.0. The van der Waals surface area contributed by atoms with E-state index in [1.54, 1.807) is 29.8 Å². The minimum atomic E-state index is -0.441. The van der Waals surface area contributed by atoms with Crippen LogP contribution in [-0.4, -0.2) is 21.1 Å². The summed E-state index contributed by atoms with van der Waals surface area (Å²) in [4.78, 5) is 8.60. The van der Waals surface area contributed by atoms with E-state index in [1.807, 2.05) is 13.0 Å². The van der Waals surface area contributed by atoms with E-state index in [2.05, 4.69) is 9.97 Å². The number of anilines is 1. The highest BCUT2D eigenvalue weighted by atomic mass is 19.1. The van der Waals surface area contributed by atoms with Gasteiger partial charge in [0.05, 0.1) is 12.3 Å². The number of halogens is 1. The summed E-state index contributed by atoms with van der Waals surface area (Å²) in [6.45, 7) is 4.15. The van der Waals surface area contributed by atoms with Crippen molar-refractivity contribution in [2.75, 3.05) is 12.3 Å². The fourth-order valence-electron chi connectivity index (χ4n) is 2.27. The van der Waals surface area contributed by atoms with Gasteiger partial charge in [0.15, 0.2) is 17.2 Å². The Kier molecular flexibility index (Phi) is 3.21. The van der Waals surface area contributed by atoms with Gasteiger partial charge in [0, 0.05) is 12.3 Å². The van der Waals surface area contributed by atoms with E-state index >= 15 is 0 Å². The average Bonchev–Trinajstić information content (AvgIpc) is 2.79. The number of benzene rings is 1. The van der Waals surface area contributed by atoms with Crippen LogP contribution in [0, 0.1) is 12.7 Å². The molecule has 108 valence electrons. The Morgan fingerprint density at radius 1 is 1.33 bits per heavy atom. The number of nitrogens with zero attached hydrogens (tertiary/aromatic N) is 3. The van der Waals surface area contributed by atoms with Crippen LogP contribution in [0.25, 0.3) is 16.9 Å². The Morgan fingerprint density at radius 2 is 2.14 bits per heavy atom. The minimum absolute atomic E-state index is 0.216. The molecule has 2 N–H and O–H groups in total. The van der Waals surface area contributed by atoms with E-state index in [4.69, 9.17) is 10.5 Å². The minimum Gasteiger partial charge on any atom is -0.491 e. The molecule has 3 aromatic rings. The molecule has 0 amide bonds. The van der Waals surface area contributed by atoms with Gasteiger partial charge in [0.25, 0.3) is 0 Å². The number of hydrogen-bond donors (Lipinski definition) is 1. The summed E-state index contributed by atoms with van der Waals surface area (Å²) in [5.41, 5.74) is 8.81. The zero-order valence-corrected chi connectivity index (χ0v) is 11.8. The van der Waals surface area contributed by atoms with Gasteiger partial charge >= 0.3 is 0 Å². The first-order chi connectivity index (χ1) is 10.1. The predicted octanol–water partition coefficient (Wildman–Crippen LogP) is 2.85. The van der Waals surface area contributed by atoms with Crippen LogP contribution in [0.4, 0.5) is 10.3 Å². The Balaban J connectivity index is 2.19. The molecule has 2 aromatic heterocycles. The third-order valence-electron chi connectivity index (χ3n) is 3.25. The van der Waals surface area contributed by atoms with Crippen molar-refractivity contribution >= 4 is 17.1 Å². The fraction of sp³-hybridized carbons (Fsp3) is 0.200. The molecule has 1 aromatic carbocycles. The molecule has 2 heterocycles. The lowest BCUT2D eigenvalue weighted by atomic mass is 10.2. The normalized spacial score (nSPS) is 11.0. The summed E-state index contributed by atoms with van der Waals surface area (Å²) in [7, 11) is 0. The van der Waals surface area contributed by atoms with Crippen LogP contribution in [0.1, 0.15) is 12.5 Å². The molecular weight excluding hydrogens is 271 g/mol. The number of nitrogens with two attached hydrogens (primary N) is 1. The van der Waals surface area contributed by atoms with Crippen LogP contribution in [0.15, 0.2) is 30.5 Å². The lowest BCUT2D eigenvalue weighted by Crippen LogP contribution is -2.03. The van der Waals surface area contributed by atoms with Gasteiger partial charge in [-0.3, -0.25) is 4.57 Å². The van der Waals surface area contributed by atoms with Crippen molar-refractivity contribution in [1.82, 2.24) is 14.5 Å². The van der Waals surface area contributed by atoms with Gasteiger partial charge in [-0.1, -0.05) is 0 Å². The van der Waals surface area contributed by atoms with Crippen molar-refractivity contribution in [3.05, 3.63) is 41.8 Å². The average molecular weight is 286 g/mol. The number of aryl methyl sites for hydroxylation is 1. The van der Waals surface area contributed by atoms with Crippen LogP contribution in [-0.2, 0) is 0 Å². The van der Waals surface area contributed by atoms with Gasteiger partial charge in [0.1, 0.15) is 5.52 Å². The molecule has 0 saturated heterocycles. The molecule has 0 radical (unpaired) electrons. The SMILES string of the molecule is CCOc1ccc(-n2c(N)nc3c(C)ccnc32)cc1F. The van der Waals surface area contributed by atoms with E-state index < -0.39 is 5.82 Å². The second-order valence-electron chi connectivity index (χ2n) is 4.65. The molecule has 0 aliphatic rings. The topological polar surface area (TPSA) is 66.0 Å². The Morgan fingerprint density at radius 3 is 2.86 bits per heavy atom. The second kappa shape index (κ2) is 5.05. The molecule has 3 rings (SSSR count). The van der Waals surface area contributed by atoms with Gasteiger partial charge in [-0.2, -0.15) is 0 Å². The number of fused-ring (bicyclic) bond motifs is 1. The first-order valence-corrected chi connectivity index (χ1v) is 6.64. The highest BCUT2D eigenvalue weighted by molar-refractivity contribution is 5.79. The van der Waals surface area contributed by atoms with Crippen molar-refractivity contribution < 1.29 is 9.13 Å². The lowest BCUT2D eigenvalue weighted by Gasteiger charge is -2.09. The Hall–Kier alpha value is -2.63. The molecule has 21 heavy (non-hydrogen) atoms. The first kappa shape index (κ1) is 13.4. The number of imidazole rings is 1. The molecule has 0 fully saturated rings. The predicted molar refractivity (Wildman–Crippen MR) is 79.1 cm³/mol. The highest BCUT2D eigenvalue weighted by Crippen LogP contribution is 2.26. The number of nitrogen functional groups attached to an aromatic ring is 1. The third-order valence-corrected chi connectivity index (χ3v) is 3.25. The molecule has 0 atom stereocenters. The maximum absolute atomic E-state index is 14.0. The van der Waals surface area contributed by atoms with Gasteiger partial charge < -0.3 is 10.5 Å². The fourth-order valence-corrected chi connectivity index (χ4v) is 2.27. The lowest BCUT2D eigenvalue weighted by molar-refractivity contribution is 0.321. The number of rotatable bonds is 3. The molecule has 0 spiro atoms. The summed E-state index contributed by atoms with van der Waals surface area (Å²) in [5, 5.41) is 0. The molecule has 0 bridgehead atoms. The van der Waals surface area contributed by atoms with Crippen LogP contribution >= 0.6 is 0 Å². The van der Waals surface area contributed by atoms with Gasteiger partial charge in [-0.05, 0) is 37.6 Å². The molecule has 5 nitrogen and oxygen atoms in total. The largest absolute Gasteiger partial charge is 0.491 e. The van der Waals surface area contributed by atoms with Gasteiger partial charge in [-0.25, -0.2) is 14.4 Å². The maximum Gasteiger partial charge on any atom is 0.207 e. The smallest absolute Gasteiger partial charge is 0.207 e. The van der Waals surface area contributed by atoms with Crippen LogP contribution in [0.2, 0.25) is 0 Å². The third kappa shape index (κ3) is 2.18. The number of hydrogen-bond acceptors (Lipinski definition) is 4. The van der Waals surface area contributed by atoms with Crippen LogP contribution in [0.5, 0.6) is 5.75 Å². The summed E-state index contributed by atoms with van der Waals surface area (Å²) in [5.74, 6) is 0.0481. The van der Waals surface area contributed by atoms with Crippen molar-refractivity contribution in [1.29, 1.82) is 0 Å². The zero-order chi connectivity index (χ0) is 15.0. The molecule has 0 aliphatic carbocycles. The Bertz CT molecular complexity index is 813. The standard InChI is InChI=1S/C15H15FN4O/c1-3-21-12-5-4-10(8-11(12)16)20-14-13(19-15(20)17)9(2)6-7-18-14/h4-8H,3H2,1-2H3,(H2,17,19). The monoisotopic (exact) mass is 286 g/mol. The van der Waals surface area contributed by atoms with E-state index in [1.165, 1.54) is 6.07 Å². The highest BCUT2D eigenvalue weighted by Gasteiger charge is 2.14. The number of pyridine rings is 1. The number of ether oxygens (including phenoxy) is 1. The summed E-state index contributed by atoms with van der Waals surface area (Å²) in [6.07, 6.45) is 1.68. The van der Waals surface area contributed by atoms with Crippen molar-refractivity contribution in [2.45, 2.75) is 13.8 Å². The van der Waals surface area contributed by atoms with Crippen molar-refractivity contribution in [3.8, 4) is 11.4 Å².